The van der Waals surface area contributed by atoms with Gasteiger partial charge in [0.1, 0.15) is 5.75 Å². The zero-order chi connectivity index (χ0) is 19.7. The topological polar surface area (TPSA) is 15.7 Å². The van der Waals surface area contributed by atoms with Gasteiger partial charge >= 0.3 is 0 Å². The lowest BCUT2D eigenvalue weighted by atomic mass is 9.96. The molecule has 1 aliphatic rings. The highest BCUT2D eigenvalue weighted by Gasteiger charge is 2.26. The van der Waals surface area contributed by atoms with Crippen LogP contribution in [0.25, 0.3) is 0 Å². The maximum absolute atomic E-state index is 5.83. The van der Waals surface area contributed by atoms with Crippen LogP contribution in [-0.4, -0.2) is 49.1 Å². The van der Waals surface area contributed by atoms with Gasteiger partial charge in [-0.15, -0.1) is 0 Å². The molecule has 1 fully saturated rings. The van der Waals surface area contributed by atoms with Crippen LogP contribution in [0.5, 0.6) is 5.75 Å². The predicted octanol–water partition coefficient (Wildman–Crippen LogP) is 4.86. The Balaban J connectivity index is 1.30. The van der Waals surface area contributed by atoms with Gasteiger partial charge < -0.3 is 9.64 Å². The van der Waals surface area contributed by atoms with Crippen molar-refractivity contribution in [3.63, 3.8) is 0 Å². The van der Waals surface area contributed by atoms with Gasteiger partial charge in [0.25, 0.3) is 0 Å². The summed E-state index contributed by atoms with van der Waals surface area (Å²) in [6.45, 7) is 6.29. The van der Waals surface area contributed by atoms with Crippen molar-refractivity contribution in [2.75, 3.05) is 39.3 Å². The van der Waals surface area contributed by atoms with Crippen molar-refractivity contribution in [2.45, 2.75) is 12.5 Å². The molecule has 1 aliphatic heterocycles. The first-order valence-electron chi connectivity index (χ1n) is 10.6. The zero-order valence-electron chi connectivity index (χ0n) is 17.0. The van der Waals surface area contributed by atoms with Crippen LogP contribution in [0.2, 0.25) is 0 Å². The summed E-state index contributed by atoms with van der Waals surface area (Å²) in [6, 6.07) is 32.2. The fraction of sp³-hybridized carbons (Fsp3) is 0.308. The molecule has 3 heteroatoms. The summed E-state index contributed by atoms with van der Waals surface area (Å²) < 4.78 is 5.83. The Morgan fingerprint density at radius 1 is 0.655 bits per heavy atom. The zero-order valence-corrected chi connectivity index (χ0v) is 17.0. The monoisotopic (exact) mass is 386 g/mol. The Labute approximate surface area is 174 Å². The fourth-order valence-corrected chi connectivity index (χ4v) is 4.12. The number of para-hydroxylation sites is 1. The summed E-state index contributed by atoms with van der Waals surface area (Å²) in [5, 5.41) is 0. The van der Waals surface area contributed by atoms with Crippen molar-refractivity contribution >= 4 is 0 Å². The third kappa shape index (κ3) is 5.47. The van der Waals surface area contributed by atoms with Gasteiger partial charge in [-0.25, -0.2) is 0 Å². The van der Waals surface area contributed by atoms with Crippen molar-refractivity contribution in [1.29, 1.82) is 0 Å². The van der Waals surface area contributed by atoms with Crippen molar-refractivity contribution in [3.05, 3.63) is 102 Å². The van der Waals surface area contributed by atoms with Gasteiger partial charge in [-0.1, -0.05) is 78.9 Å². The van der Waals surface area contributed by atoms with E-state index >= 15 is 0 Å². The van der Waals surface area contributed by atoms with Crippen molar-refractivity contribution in [3.8, 4) is 5.75 Å². The first-order valence-corrected chi connectivity index (χ1v) is 10.6. The highest BCUT2D eigenvalue weighted by molar-refractivity contribution is 5.32. The van der Waals surface area contributed by atoms with E-state index in [1.165, 1.54) is 11.1 Å². The standard InChI is InChI=1S/C26H30N2O/c1-4-11-23(12-5-1)26(24-13-6-2-7-14-24)28-20-18-27(19-21-28)17-10-22-29-25-15-8-3-9-16-25/h1-9,11-16,26H,10,17-22H2. The largest absolute Gasteiger partial charge is 0.494 e. The van der Waals surface area contributed by atoms with E-state index in [-0.39, 0.29) is 0 Å². The van der Waals surface area contributed by atoms with Gasteiger partial charge in [-0.3, -0.25) is 4.90 Å². The van der Waals surface area contributed by atoms with Gasteiger partial charge in [-0.2, -0.15) is 0 Å². The van der Waals surface area contributed by atoms with Crippen molar-refractivity contribution in [2.24, 2.45) is 0 Å². The van der Waals surface area contributed by atoms with E-state index in [2.05, 4.69) is 70.5 Å². The third-order valence-electron chi connectivity index (χ3n) is 5.63. The second kappa shape index (κ2) is 10.2. The number of nitrogens with zero attached hydrogens (tertiary/aromatic N) is 2. The molecule has 0 aliphatic carbocycles. The summed E-state index contributed by atoms with van der Waals surface area (Å²) in [5.41, 5.74) is 2.76. The summed E-state index contributed by atoms with van der Waals surface area (Å²) in [6.07, 6.45) is 1.07. The highest BCUT2D eigenvalue weighted by atomic mass is 16.5. The molecule has 0 unspecified atom stereocenters. The Morgan fingerprint density at radius 3 is 1.72 bits per heavy atom. The third-order valence-corrected chi connectivity index (χ3v) is 5.63. The SMILES string of the molecule is c1ccc(OCCCN2CCN(C(c3ccccc3)c3ccccc3)CC2)cc1. The quantitative estimate of drug-likeness (QED) is 0.514. The van der Waals surface area contributed by atoms with Crippen LogP contribution in [0.15, 0.2) is 91.0 Å². The molecule has 0 N–H and O–H groups in total. The lowest BCUT2D eigenvalue weighted by Gasteiger charge is -2.39. The molecule has 0 amide bonds. The van der Waals surface area contributed by atoms with E-state index in [1.807, 2.05) is 30.3 Å². The Morgan fingerprint density at radius 2 is 1.17 bits per heavy atom. The molecule has 0 saturated carbocycles. The Kier molecular flexibility index (Phi) is 6.95. The molecule has 3 nitrogen and oxygen atoms in total. The lowest BCUT2D eigenvalue weighted by molar-refractivity contribution is 0.105. The van der Waals surface area contributed by atoms with E-state index in [9.17, 15) is 0 Å². The average molecular weight is 387 g/mol. The molecule has 0 bridgehead atoms. The summed E-state index contributed by atoms with van der Waals surface area (Å²) in [4.78, 5) is 5.19. The number of benzene rings is 3. The average Bonchev–Trinajstić information content (AvgIpc) is 2.80. The van der Waals surface area contributed by atoms with Crippen molar-refractivity contribution in [1.82, 2.24) is 9.80 Å². The van der Waals surface area contributed by atoms with E-state index < -0.39 is 0 Å². The van der Waals surface area contributed by atoms with Crippen LogP contribution in [0.1, 0.15) is 23.6 Å². The first-order chi connectivity index (χ1) is 14.4. The van der Waals surface area contributed by atoms with E-state index in [0.717, 1.165) is 51.5 Å². The molecule has 0 atom stereocenters. The van der Waals surface area contributed by atoms with Gasteiger partial charge in [0.15, 0.2) is 0 Å². The smallest absolute Gasteiger partial charge is 0.119 e. The maximum atomic E-state index is 5.83. The van der Waals surface area contributed by atoms with Gasteiger partial charge in [0.05, 0.1) is 12.6 Å². The number of rotatable bonds is 8. The van der Waals surface area contributed by atoms with Crippen LogP contribution in [0.4, 0.5) is 0 Å². The van der Waals surface area contributed by atoms with Crippen LogP contribution < -0.4 is 4.74 Å². The Bertz CT molecular complexity index is 791. The summed E-state index contributed by atoms with van der Waals surface area (Å²) >= 11 is 0. The molecule has 4 rings (SSSR count). The van der Waals surface area contributed by atoms with E-state index in [1.54, 1.807) is 0 Å². The molecule has 150 valence electrons. The minimum atomic E-state index is 0.334. The van der Waals surface area contributed by atoms with Crippen LogP contribution in [0, 0.1) is 0 Å². The fourth-order valence-electron chi connectivity index (χ4n) is 4.12. The molecule has 3 aromatic carbocycles. The number of hydrogen-bond donors (Lipinski definition) is 0. The van der Waals surface area contributed by atoms with E-state index in [0.29, 0.717) is 6.04 Å². The van der Waals surface area contributed by atoms with E-state index in [4.69, 9.17) is 4.74 Å². The number of ether oxygens (including phenoxy) is 1. The van der Waals surface area contributed by atoms with Crippen LogP contribution in [0.3, 0.4) is 0 Å². The summed E-state index contributed by atoms with van der Waals surface area (Å²) in [5.74, 6) is 0.964. The van der Waals surface area contributed by atoms with Gasteiger partial charge in [-0.05, 0) is 29.7 Å². The predicted molar refractivity (Wildman–Crippen MR) is 119 cm³/mol. The molecular formula is C26H30N2O. The normalized spacial score (nSPS) is 15.5. The molecular weight excluding hydrogens is 356 g/mol. The highest BCUT2D eigenvalue weighted by Crippen LogP contribution is 2.29. The van der Waals surface area contributed by atoms with Crippen molar-refractivity contribution < 1.29 is 4.74 Å². The number of piperazine rings is 1. The number of hydrogen-bond acceptors (Lipinski definition) is 3. The minimum absolute atomic E-state index is 0.334. The summed E-state index contributed by atoms with van der Waals surface area (Å²) in [7, 11) is 0. The van der Waals surface area contributed by atoms with Gasteiger partial charge in [0.2, 0.25) is 0 Å². The van der Waals surface area contributed by atoms with Gasteiger partial charge in [0, 0.05) is 32.7 Å². The minimum Gasteiger partial charge on any atom is -0.494 e. The lowest BCUT2D eigenvalue weighted by Crippen LogP contribution is -2.48. The molecule has 0 aromatic heterocycles. The van der Waals surface area contributed by atoms with Crippen LogP contribution >= 0.6 is 0 Å². The molecule has 3 aromatic rings. The second-order valence-corrected chi connectivity index (χ2v) is 7.62. The Hall–Kier alpha value is -2.62. The second-order valence-electron chi connectivity index (χ2n) is 7.62. The first kappa shape index (κ1) is 19.7. The molecule has 1 saturated heterocycles. The molecule has 0 radical (unpaired) electrons. The maximum Gasteiger partial charge on any atom is 0.119 e. The molecule has 29 heavy (non-hydrogen) atoms. The molecule has 1 heterocycles. The molecule has 0 spiro atoms. The van der Waals surface area contributed by atoms with Crippen LogP contribution in [-0.2, 0) is 0 Å².